The predicted octanol–water partition coefficient (Wildman–Crippen LogP) is 3.11. The lowest BCUT2D eigenvalue weighted by molar-refractivity contribution is -0.134. The molecule has 1 fully saturated rings. The maximum absolute atomic E-state index is 13.7. The zero-order valence-electron chi connectivity index (χ0n) is 26.2. The molecule has 5 atom stereocenters. The number of rotatable bonds is 18. The van der Waals surface area contributed by atoms with E-state index in [1.807, 2.05) is 81.4 Å². The molecule has 43 heavy (non-hydrogen) atoms. The first-order chi connectivity index (χ1) is 20.6. The number of aryl methyl sites for hydroxylation is 1. The van der Waals surface area contributed by atoms with Gasteiger partial charge in [-0.25, -0.2) is 0 Å². The van der Waals surface area contributed by atoms with Crippen LogP contribution in [0, 0.1) is 5.92 Å². The molecule has 3 rings (SSSR count). The SMILES string of the molecule is CCCC(NC(=O)C(CCc1ccccc1)NC)C(=O)NC(Cc1ccccc1)C(=O)NC(CC(C)C)C(=O)C1(C)CO1. The first kappa shape index (κ1) is 33.9. The van der Waals surface area contributed by atoms with Gasteiger partial charge in [0.05, 0.1) is 18.7 Å². The molecule has 0 aliphatic carbocycles. The second-order valence-corrected chi connectivity index (χ2v) is 12.0. The van der Waals surface area contributed by atoms with Crippen LogP contribution in [-0.2, 0) is 36.8 Å². The third-order valence-corrected chi connectivity index (χ3v) is 7.79. The van der Waals surface area contributed by atoms with Crippen molar-refractivity contribution in [2.75, 3.05) is 13.7 Å². The standard InChI is InChI=1S/C34H48N4O5/c1-6-13-27(36-31(40)26(35-5)19-18-24-14-9-7-10-15-24)32(41)38-29(21-25-16-11-8-12-17-25)33(42)37-28(20-23(2)3)30(39)34(4)22-43-34/h7-12,14-17,23,26-29,35H,6,13,18-22H2,1-5H3,(H,36,40)(H,37,42)(H,38,41). The number of nitrogens with one attached hydrogen (secondary N) is 4. The van der Waals surface area contributed by atoms with Gasteiger partial charge in [-0.3, -0.25) is 19.2 Å². The molecule has 0 spiro atoms. The Bertz CT molecular complexity index is 1200. The van der Waals surface area contributed by atoms with Gasteiger partial charge in [-0.2, -0.15) is 0 Å². The van der Waals surface area contributed by atoms with Crippen LogP contribution in [0.3, 0.4) is 0 Å². The minimum absolute atomic E-state index is 0.157. The average molecular weight is 593 g/mol. The normalized spacial score (nSPS) is 18.7. The van der Waals surface area contributed by atoms with Crippen LogP contribution in [0.1, 0.15) is 64.5 Å². The second-order valence-electron chi connectivity index (χ2n) is 12.0. The Morgan fingerprint density at radius 2 is 1.28 bits per heavy atom. The number of ketones is 1. The van der Waals surface area contributed by atoms with E-state index < -0.39 is 41.6 Å². The van der Waals surface area contributed by atoms with E-state index in [4.69, 9.17) is 4.74 Å². The number of benzene rings is 2. The van der Waals surface area contributed by atoms with E-state index in [-0.39, 0.29) is 24.0 Å². The Morgan fingerprint density at radius 1 is 0.767 bits per heavy atom. The fraction of sp³-hybridized carbons (Fsp3) is 0.529. The van der Waals surface area contributed by atoms with Crippen LogP contribution in [0.4, 0.5) is 0 Å². The number of carbonyl (C=O) groups is 4. The van der Waals surface area contributed by atoms with Crippen LogP contribution in [0.15, 0.2) is 60.7 Å². The second kappa shape index (κ2) is 16.3. The summed E-state index contributed by atoms with van der Waals surface area (Å²) in [5.41, 5.74) is 1.11. The number of hydrogen-bond acceptors (Lipinski definition) is 6. The molecule has 2 aromatic rings. The fourth-order valence-electron chi connectivity index (χ4n) is 5.12. The van der Waals surface area contributed by atoms with E-state index in [1.165, 1.54) is 0 Å². The van der Waals surface area contributed by atoms with Crippen molar-refractivity contribution in [2.45, 2.75) is 96.0 Å². The summed E-state index contributed by atoms with van der Waals surface area (Å²) >= 11 is 0. The molecule has 0 bridgehead atoms. The maximum atomic E-state index is 13.7. The number of amides is 3. The number of ether oxygens (including phenoxy) is 1. The lowest BCUT2D eigenvalue weighted by atomic mass is 9.93. The lowest BCUT2D eigenvalue weighted by Crippen LogP contribution is -2.58. The molecular weight excluding hydrogens is 544 g/mol. The summed E-state index contributed by atoms with van der Waals surface area (Å²) in [6, 6.07) is 16.3. The first-order valence-corrected chi connectivity index (χ1v) is 15.4. The predicted molar refractivity (Wildman–Crippen MR) is 167 cm³/mol. The molecule has 0 saturated carbocycles. The van der Waals surface area contributed by atoms with Crippen LogP contribution in [-0.4, -0.2) is 66.9 Å². The third-order valence-electron chi connectivity index (χ3n) is 7.79. The molecule has 1 heterocycles. The largest absolute Gasteiger partial charge is 0.361 e. The summed E-state index contributed by atoms with van der Waals surface area (Å²) in [7, 11) is 1.73. The molecule has 2 aromatic carbocycles. The van der Waals surface area contributed by atoms with E-state index in [0.717, 1.165) is 11.1 Å². The zero-order valence-corrected chi connectivity index (χ0v) is 26.2. The average Bonchev–Trinajstić information content (AvgIpc) is 3.75. The number of hydrogen-bond donors (Lipinski definition) is 4. The Kier molecular flexibility index (Phi) is 12.9. The Hall–Kier alpha value is -3.56. The number of epoxide rings is 1. The summed E-state index contributed by atoms with van der Waals surface area (Å²) in [5.74, 6) is -1.16. The van der Waals surface area contributed by atoms with Crippen molar-refractivity contribution < 1.29 is 23.9 Å². The molecule has 0 radical (unpaired) electrons. The lowest BCUT2D eigenvalue weighted by Gasteiger charge is -2.27. The minimum atomic E-state index is -0.945. The molecule has 234 valence electrons. The number of Topliss-reactive ketones (excluding diaryl/α,β-unsaturated/α-hetero) is 1. The van der Waals surface area contributed by atoms with Crippen LogP contribution in [0.2, 0.25) is 0 Å². The van der Waals surface area contributed by atoms with Gasteiger partial charge in [0.1, 0.15) is 17.7 Å². The molecule has 0 aromatic heterocycles. The van der Waals surface area contributed by atoms with Crippen molar-refractivity contribution in [1.82, 2.24) is 21.3 Å². The molecule has 1 aliphatic heterocycles. The van der Waals surface area contributed by atoms with E-state index in [2.05, 4.69) is 21.3 Å². The first-order valence-electron chi connectivity index (χ1n) is 15.4. The van der Waals surface area contributed by atoms with Crippen molar-refractivity contribution in [3.05, 3.63) is 71.8 Å². The van der Waals surface area contributed by atoms with Gasteiger partial charge in [0, 0.05) is 6.42 Å². The van der Waals surface area contributed by atoms with Crippen LogP contribution in [0.25, 0.3) is 0 Å². The van der Waals surface area contributed by atoms with Gasteiger partial charge in [0.15, 0.2) is 5.78 Å². The van der Waals surface area contributed by atoms with Crippen molar-refractivity contribution in [3.63, 3.8) is 0 Å². The molecule has 9 heteroatoms. The van der Waals surface area contributed by atoms with E-state index in [9.17, 15) is 19.2 Å². The molecule has 1 saturated heterocycles. The van der Waals surface area contributed by atoms with Crippen LogP contribution >= 0.6 is 0 Å². The van der Waals surface area contributed by atoms with Gasteiger partial charge in [0.2, 0.25) is 17.7 Å². The molecule has 5 unspecified atom stereocenters. The monoisotopic (exact) mass is 592 g/mol. The highest BCUT2D eigenvalue weighted by Gasteiger charge is 2.50. The van der Waals surface area contributed by atoms with Crippen LogP contribution < -0.4 is 21.3 Å². The Labute approximate surface area is 255 Å². The van der Waals surface area contributed by atoms with Gasteiger partial charge in [-0.1, -0.05) is 87.9 Å². The Morgan fingerprint density at radius 3 is 1.81 bits per heavy atom. The van der Waals surface area contributed by atoms with Crippen LogP contribution in [0.5, 0.6) is 0 Å². The van der Waals surface area contributed by atoms with Gasteiger partial charge < -0.3 is 26.0 Å². The smallest absolute Gasteiger partial charge is 0.243 e. The van der Waals surface area contributed by atoms with Crippen molar-refractivity contribution in [3.8, 4) is 0 Å². The van der Waals surface area contributed by atoms with Crippen molar-refractivity contribution >= 4 is 23.5 Å². The summed E-state index contributed by atoms with van der Waals surface area (Å²) in [4.78, 5) is 53.7. The van der Waals surface area contributed by atoms with Gasteiger partial charge in [0.25, 0.3) is 0 Å². The summed E-state index contributed by atoms with van der Waals surface area (Å²) in [5, 5.41) is 11.8. The summed E-state index contributed by atoms with van der Waals surface area (Å²) < 4.78 is 5.37. The summed E-state index contributed by atoms with van der Waals surface area (Å²) in [6.45, 7) is 7.98. The quantitative estimate of drug-likeness (QED) is 0.197. The topological polar surface area (TPSA) is 129 Å². The minimum Gasteiger partial charge on any atom is -0.361 e. The highest BCUT2D eigenvalue weighted by atomic mass is 16.6. The third kappa shape index (κ3) is 10.6. The molecule has 3 amide bonds. The van der Waals surface area contributed by atoms with E-state index >= 15 is 0 Å². The van der Waals surface area contributed by atoms with E-state index in [0.29, 0.717) is 38.7 Å². The zero-order chi connectivity index (χ0) is 31.4. The van der Waals surface area contributed by atoms with Crippen molar-refractivity contribution in [1.29, 1.82) is 0 Å². The Balaban J connectivity index is 1.73. The van der Waals surface area contributed by atoms with Gasteiger partial charge in [-0.05, 0) is 56.7 Å². The maximum Gasteiger partial charge on any atom is 0.243 e. The molecule has 9 nitrogen and oxygen atoms in total. The van der Waals surface area contributed by atoms with Gasteiger partial charge in [-0.15, -0.1) is 0 Å². The van der Waals surface area contributed by atoms with Crippen molar-refractivity contribution in [2.24, 2.45) is 5.92 Å². The highest BCUT2D eigenvalue weighted by Crippen LogP contribution is 2.29. The molecule has 4 N–H and O–H groups in total. The molecule has 1 aliphatic rings. The highest BCUT2D eigenvalue weighted by molar-refractivity contribution is 5.98. The molecular formula is C34H48N4O5. The summed E-state index contributed by atoms with van der Waals surface area (Å²) in [6.07, 6.45) is 3.04. The number of likely N-dealkylation sites (N-methyl/N-ethyl adjacent to an activating group) is 1. The fourth-order valence-corrected chi connectivity index (χ4v) is 5.12. The van der Waals surface area contributed by atoms with Gasteiger partial charge >= 0.3 is 0 Å². The number of carbonyl (C=O) groups excluding carboxylic acids is 4. The van der Waals surface area contributed by atoms with E-state index in [1.54, 1.807) is 14.0 Å².